The van der Waals surface area contributed by atoms with Gasteiger partial charge in [-0.1, -0.05) is 24.6 Å². The molecule has 2 heterocycles. The molecule has 0 fully saturated rings. The van der Waals surface area contributed by atoms with Crippen LogP contribution in [-0.4, -0.2) is 10.1 Å². The summed E-state index contributed by atoms with van der Waals surface area (Å²) in [5.41, 5.74) is 0.875. The van der Waals surface area contributed by atoms with Gasteiger partial charge in [0.2, 0.25) is 0 Å². The summed E-state index contributed by atoms with van der Waals surface area (Å²) in [7, 11) is 0. The monoisotopic (exact) mass is 253 g/mol. The fourth-order valence-electron chi connectivity index (χ4n) is 1.55. The summed E-state index contributed by atoms with van der Waals surface area (Å²) in [6.45, 7) is 1.95. The maximum Gasteiger partial charge on any atom is 0.0977 e. The number of aliphatic hydroxyl groups excluding tert-OH is 1. The molecule has 0 aliphatic carbocycles. The van der Waals surface area contributed by atoms with E-state index in [2.05, 4.69) is 4.98 Å². The highest BCUT2D eigenvalue weighted by Crippen LogP contribution is 2.36. The normalized spacial score (nSPS) is 14.7. The second kappa shape index (κ2) is 4.95. The lowest BCUT2D eigenvalue weighted by Crippen LogP contribution is -2.07. The largest absolute Gasteiger partial charge is 0.387 e. The lowest BCUT2D eigenvalue weighted by atomic mass is 9.99. The molecule has 2 rings (SSSR count). The highest BCUT2D eigenvalue weighted by molar-refractivity contribution is 7.10. The van der Waals surface area contributed by atoms with Crippen LogP contribution < -0.4 is 0 Å². The van der Waals surface area contributed by atoms with Gasteiger partial charge in [-0.15, -0.1) is 11.3 Å². The van der Waals surface area contributed by atoms with Crippen molar-refractivity contribution in [2.24, 2.45) is 0 Å². The van der Waals surface area contributed by atoms with Gasteiger partial charge in [0.05, 0.1) is 16.0 Å². The van der Waals surface area contributed by atoms with Gasteiger partial charge in [0.15, 0.2) is 0 Å². The Morgan fingerprint density at radius 3 is 2.75 bits per heavy atom. The molecule has 0 aliphatic rings. The molecular formula is C12H12ClNOS. The second-order valence-corrected chi connectivity index (χ2v) is 4.98. The van der Waals surface area contributed by atoms with E-state index in [0.717, 1.165) is 10.6 Å². The maximum atomic E-state index is 10.2. The summed E-state index contributed by atoms with van der Waals surface area (Å²) >= 11 is 7.47. The van der Waals surface area contributed by atoms with Gasteiger partial charge in [-0.05, 0) is 23.6 Å². The van der Waals surface area contributed by atoms with E-state index in [4.69, 9.17) is 11.6 Å². The van der Waals surface area contributed by atoms with Crippen molar-refractivity contribution >= 4 is 22.9 Å². The number of aliphatic hydroxyl groups is 1. The zero-order valence-corrected chi connectivity index (χ0v) is 10.4. The SMILES string of the molecule is CC(c1ccccn1)C(O)c1sccc1Cl. The van der Waals surface area contributed by atoms with Gasteiger partial charge >= 0.3 is 0 Å². The van der Waals surface area contributed by atoms with Gasteiger partial charge in [-0.3, -0.25) is 4.98 Å². The third kappa shape index (κ3) is 2.26. The molecule has 2 aromatic rings. The minimum atomic E-state index is -0.595. The minimum Gasteiger partial charge on any atom is -0.387 e. The van der Waals surface area contributed by atoms with Gasteiger partial charge in [-0.2, -0.15) is 0 Å². The van der Waals surface area contributed by atoms with Crippen LogP contribution in [0.3, 0.4) is 0 Å². The van der Waals surface area contributed by atoms with E-state index in [1.54, 1.807) is 12.3 Å². The fraction of sp³-hybridized carbons (Fsp3) is 0.250. The van der Waals surface area contributed by atoms with E-state index < -0.39 is 6.10 Å². The number of hydrogen-bond donors (Lipinski definition) is 1. The van der Waals surface area contributed by atoms with Crippen molar-refractivity contribution in [2.45, 2.75) is 18.9 Å². The molecule has 0 aliphatic heterocycles. The maximum absolute atomic E-state index is 10.2. The Morgan fingerprint density at radius 1 is 1.38 bits per heavy atom. The molecule has 0 aromatic carbocycles. The molecule has 0 amide bonds. The van der Waals surface area contributed by atoms with Crippen LogP contribution in [0.2, 0.25) is 5.02 Å². The first-order valence-corrected chi connectivity index (χ1v) is 6.28. The van der Waals surface area contributed by atoms with E-state index in [0.29, 0.717) is 5.02 Å². The smallest absolute Gasteiger partial charge is 0.0977 e. The molecule has 2 nitrogen and oxygen atoms in total. The lowest BCUT2D eigenvalue weighted by Gasteiger charge is -2.17. The minimum absolute atomic E-state index is 0.0580. The van der Waals surface area contributed by atoms with E-state index in [9.17, 15) is 5.11 Å². The third-order valence-electron chi connectivity index (χ3n) is 2.54. The molecule has 16 heavy (non-hydrogen) atoms. The van der Waals surface area contributed by atoms with Crippen LogP contribution in [-0.2, 0) is 0 Å². The Balaban J connectivity index is 2.23. The molecule has 84 valence electrons. The highest BCUT2D eigenvalue weighted by Gasteiger charge is 2.22. The van der Waals surface area contributed by atoms with Crippen LogP contribution in [0, 0.1) is 0 Å². The van der Waals surface area contributed by atoms with E-state index in [1.165, 1.54) is 11.3 Å². The van der Waals surface area contributed by atoms with Crippen LogP contribution in [0.4, 0.5) is 0 Å². The van der Waals surface area contributed by atoms with E-state index in [-0.39, 0.29) is 5.92 Å². The fourth-order valence-corrected chi connectivity index (χ4v) is 2.81. The first-order valence-electron chi connectivity index (χ1n) is 5.02. The number of pyridine rings is 1. The Kier molecular flexibility index (Phi) is 3.59. The zero-order chi connectivity index (χ0) is 11.5. The molecular weight excluding hydrogens is 242 g/mol. The summed E-state index contributed by atoms with van der Waals surface area (Å²) in [6, 6.07) is 7.49. The second-order valence-electron chi connectivity index (χ2n) is 3.62. The summed E-state index contributed by atoms with van der Waals surface area (Å²) < 4.78 is 0. The molecule has 2 unspecified atom stereocenters. The summed E-state index contributed by atoms with van der Waals surface area (Å²) in [5, 5.41) is 12.7. The summed E-state index contributed by atoms with van der Waals surface area (Å²) in [5.74, 6) is -0.0580. The van der Waals surface area contributed by atoms with Gasteiger partial charge in [0.25, 0.3) is 0 Å². The van der Waals surface area contributed by atoms with Crippen molar-refractivity contribution in [1.29, 1.82) is 0 Å². The average molecular weight is 254 g/mol. The average Bonchev–Trinajstić information content (AvgIpc) is 2.75. The van der Waals surface area contributed by atoms with Gasteiger partial charge in [-0.25, -0.2) is 0 Å². The van der Waals surface area contributed by atoms with Gasteiger partial charge in [0.1, 0.15) is 0 Å². The molecule has 0 bridgehead atoms. The van der Waals surface area contributed by atoms with Crippen LogP contribution in [0.15, 0.2) is 35.8 Å². The van der Waals surface area contributed by atoms with Crippen molar-refractivity contribution < 1.29 is 5.11 Å². The van der Waals surface area contributed by atoms with E-state index >= 15 is 0 Å². The molecule has 1 N–H and O–H groups in total. The van der Waals surface area contributed by atoms with Crippen LogP contribution in [0.1, 0.15) is 29.5 Å². The number of halogens is 1. The standard InChI is InChI=1S/C12H12ClNOS/c1-8(10-4-2-3-6-14-10)11(15)12-9(13)5-7-16-12/h2-8,11,15H,1H3. The number of hydrogen-bond acceptors (Lipinski definition) is 3. The Bertz CT molecular complexity index is 457. The van der Waals surface area contributed by atoms with Crippen molar-refractivity contribution in [2.75, 3.05) is 0 Å². The van der Waals surface area contributed by atoms with Crippen molar-refractivity contribution in [3.63, 3.8) is 0 Å². The molecule has 0 saturated carbocycles. The number of rotatable bonds is 3. The quantitative estimate of drug-likeness (QED) is 0.906. The molecule has 2 aromatic heterocycles. The van der Waals surface area contributed by atoms with Crippen molar-refractivity contribution in [3.05, 3.63) is 51.4 Å². The molecule has 4 heteroatoms. The Morgan fingerprint density at radius 2 is 2.19 bits per heavy atom. The van der Waals surface area contributed by atoms with Gasteiger partial charge < -0.3 is 5.11 Å². The van der Waals surface area contributed by atoms with Gasteiger partial charge in [0, 0.05) is 17.8 Å². The molecule has 2 atom stereocenters. The molecule has 0 spiro atoms. The van der Waals surface area contributed by atoms with Crippen molar-refractivity contribution in [3.8, 4) is 0 Å². The lowest BCUT2D eigenvalue weighted by molar-refractivity contribution is 0.154. The summed E-state index contributed by atoms with van der Waals surface area (Å²) in [6.07, 6.45) is 1.14. The predicted octanol–water partition coefficient (Wildman–Crippen LogP) is 3.63. The Hall–Kier alpha value is -0.900. The summed E-state index contributed by atoms with van der Waals surface area (Å²) in [4.78, 5) is 5.05. The Labute approximate surface area is 104 Å². The number of thiophene rings is 1. The highest BCUT2D eigenvalue weighted by atomic mass is 35.5. The first-order chi connectivity index (χ1) is 7.70. The third-order valence-corrected chi connectivity index (χ3v) is 3.97. The predicted molar refractivity (Wildman–Crippen MR) is 66.9 cm³/mol. The van der Waals surface area contributed by atoms with Crippen molar-refractivity contribution in [1.82, 2.24) is 4.98 Å². The first kappa shape index (κ1) is 11.6. The topological polar surface area (TPSA) is 33.1 Å². The van der Waals surface area contributed by atoms with Crippen LogP contribution >= 0.6 is 22.9 Å². The van der Waals surface area contributed by atoms with Crippen LogP contribution in [0.5, 0.6) is 0 Å². The van der Waals surface area contributed by atoms with E-state index in [1.807, 2.05) is 30.5 Å². The number of nitrogens with zero attached hydrogens (tertiary/aromatic N) is 1. The molecule has 0 saturated heterocycles. The zero-order valence-electron chi connectivity index (χ0n) is 8.80. The van der Waals surface area contributed by atoms with Crippen LogP contribution in [0.25, 0.3) is 0 Å². The molecule has 0 radical (unpaired) electrons. The number of aromatic nitrogens is 1.